The molecule has 1 nitrogen and oxygen atoms in total. The monoisotopic (exact) mass is 243 g/mol. The lowest BCUT2D eigenvalue weighted by atomic mass is 10.2. The molecule has 0 bridgehead atoms. The lowest BCUT2D eigenvalue weighted by Crippen LogP contribution is -2.04. The average Bonchev–Trinajstić information content (AvgIpc) is 2.58. The summed E-state index contributed by atoms with van der Waals surface area (Å²) >= 11 is 1.80. The zero-order valence-corrected chi connectivity index (χ0v) is 9.02. The smallest absolute Gasteiger partial charge is 0.0652 e. The fourth-order valence-electron chi connectivity index (χ4n) is 1.07. The number of benzene rings is 1. The van der Waals surface area contributed by atoms with Gasteiger partial charge in [0.1, 0.15) is 0 Å². The van der Waals surface area contributed by atoms with Gasteiger partial charge in [-0.05, 0) is 11.0 Å². The maximum absolute atomic E-state index is 3.30. The minimum atomic E-state index is 0. The van der Waals surface area contributed by atoms with Crippen LogP contribution in [-0.2, 0) is 0 Å². The van der Waals surface area contributed by atoms with Gasteiger partial charge in [-0.15, -0.1) is 28.7 Å². The van der Waals surface area contributed by atoms with E-state index < -0.39 is 0 Å². The molecule has 1 aromatic carbocycles. The predicted molar refractivity (Wildman–Crippen MR) is 60.3 cm³/mol. The van der Waals surface area contributed by atoms with E-state index in [0.717, 1.165) is 5.88 Å². The van der Waals surface area contributed by atoms with E-state index in [4.69, 9.17) is 0 Å². The molecule has 1 aromatic rings. The summed E-state index contributed by atoms with van der Waals surface area (Å²) in [6.45, 7) is 0. The highest BCUT2D eigenvalue weighted by molar-refractivity contribution is 8.93. The normalized spacial score (nSPS) is 14.5. The van der Waals surface area contributed by atoms with Crippen LogP contribution < -0.4 is 5.32 Å². The molecule has 2 rings (SSSR count). The maximum Gasteiger partial charge on any atom is 0.0652 e. The second-order valence-electron chi connectivity index (χ2n) is 2.39. The van der Waals surface area contributed by atoms with Crippen LogP contribution in [-0.4, -0.2) is 5.88 Å². The van der Waals surface area contributed by atoms with E-state index in [1.54, 1.807) is 11.8 Å². The molecule has 0 aromatic heterocycles. The molecule has 0 atom stereocenters. The molecule has 1 aliphatic heterocycles. The van der Waals surface area contributed by atoms with Gasteiger partial charge < -0.3 is 5.32 Å². The molecular formula is C9H10BrNS. The molecule has 12 heavy (non-hydrogen) atoms. The third kappa shape index (κ3) is 2.05. The molecule has 0 fully saturated rings. The Morgan fingerprint density at radius 3 is 2.50 bits per heavy atom. The molecule has 1 heterocycles. The van der Waals surface area contributed by atoms with Gasteiger partial charge in [-0.2, -0.15) is 0 Å². The number of hydrogen-bond donors (Lipinski definition) is 1. The third-order valence-electron chi connectivity index (χ3n) is 1.63. The summed E-state index contributed by atoms with van der Waals surface area (Å²) in [6.07, 6.45) is 0. The molecule has 1 aliphatic rings. The van der Waals surface area contributed by atoms with Crippen LogP contribution in [0.4, 0.5) is 0 Å². The van der Waals surface area contributed by atoms with Gasteiger partial charge in [-0.1, -0.05) is 30.3 Å². The molecule has 0 amide bonds. The van der Waals surface area contributed by atoms with Crippen LogP contribution in [0.1, 0.15) is 5.56 Å². The van der Waals surface area contributed by atoms with Crippen molar-refractivity contribution < 1.29 is 0 Å². The van der Waals surface area contributed by atoms with E-state index >= 15 is 0 Å². The standard InChI is InChI=1S/C9H9NS.BrH/c1-2-4-8(5-3-1)9-6-11-7-10-9;/h1-6,10H,7H2;1H. The first-order valence-electron chi connectivity index (χ1n) is 3.58. The molecule has 0 unspecified atom stereocenters. The third-order valence-corrected chi connectivity index (χ3v) is 2.35. The van der Waals surface area contributed by atoms with Crippen LogP contribution >= 0.6 is 28.7 Å². The Hall–Kier alpha value is -0.410. The molecule has 1 N–H and O–H groups in total. The van der Waals surface area contributed by atoms with Crippen molar-refractivity contribution in [2.24, 2.45) is 0 Å². The van der Waals surface area contributed by atoms with E-state index in [1.807, 2.05) is 6.07 Å². The Morgan fingerprint density at radius 2 is 1.92 bits per heavy atom. The van der Waals surface area contributed by atoms with Gasteiger partial charge in [-0.3, -0.25) is 0 Å². The summed E-state index contributed by atoms with van der Waals surface area (Å²) in [5.41, 5.74) is 2.52. The highest BCUT2D eigenvalue weighted by atomic mass is 79.9. The van der Waals surface area contributed by atoms with Crippen molar-refractivity contribution in [3.05, 3.63) is 41.3 Å². The number of hydrogen-bond acceptors (Lipinski definition) is 2. The van der Waals surface area contributed by atoms with Crippen molar-refractivity contribution in [1.29, 1.82) is 0 Å². The Kier molecular flexibility index (Phi) is 3.69. The minimum absolute atomic E-state index is 0. The molecule has 3 heteroatoms. The molecule has 0 saturated carbocycles. The van der Waals surface area contributed by atoms with Crippen molar-refractivity contribution in [3.8, 4) is 0 Å². The zero-order valence-electron chi connectivity index (χ0n) is 6.49. The highest BCUT2D eigenvalue weighted by Crippen LogP contribution is 2.20. The highest BCUT2D eigenvalue weighted by Gasteiger charge is 2.03. The van der Waals surface area contributed by atoms with Gasteiger partial charge in [0, 0.05) is 5.70 Å². The quantitative estimate of drug-likeness (QED) is 0.815. The van der Waals surface area contributed by atoms with Crippen LogP contribution in [0.5, 0.6) is 0 Å². The largest absolute Gasteiger partial charge is 0.375 e. The van der Waals surface area contributed by atoms with E-state index in [2.05, 4.69) is 35.0 Å². The summed E-state index contributed by atoms with van der Waals surface area (Å²) in [4.78, 5) is 0. The number of thioether (sulfide) groups is 1. The molecule has 0 aliphatic carbocycles. The van der Waals surface area contributed by atoms with Crippen LogP contribution in [0.2, 0.25) is 0 Å². The van der Waals surface area contributed by atoms with Gasteiger partial charge in [0.2, 0.25) is 0 Å². The van der Waals surface area contributed by atoms with Gasteiger partial charge in [0.25, 0.3) is 0 Å². The Labute approximate surface area is 87.0 Å². The first-order valence-corrected chi connectivity index (χ1v) is 4.63. The maximum atomic E-state index is 3.30. The van der Waals surface area contributed by atoms with E-state index in [-0.39, 0.29) is 17.0 Å². The van der Waals surface area contributed by atoms with Crippen molar-refractivity contribution >= 4 is 34.4 Å². The number of halogens is 1. The average molecular weight is 244 g/mol. The number of nitrogens with one attached hydrogen (secondary N) is 1. The van der Waals surface area contributed by atoms with E-state index in [9.17, 15) is 0 Å². The van der Waals surface area contributed by atoms with Crippen molar-refractivity contribution in [1.82, 2.24) is 5.32 Å². The van der Waals surface area contributed by atoms with Crippen LogP contribution in [0.15, 0.2) is 35.7 Å². The van der Waals surface area contributed by atoms with Gasteiger partial charge in [-0.25, -0.2) is 0 Å². The molecule has 0 spiro atoms. The molecular weight excluding hydrogens is 234 g/mol. The summed E-state index contributed by atoms with van der Waals surface area (Å²) in [5, 5.41) is 5.46. The number of rotatable bonds is 1. The van der Waals surface area contributed by atoms with Crippen LogP contribution in [0.25, 0.3) is 5.70 Å². The Bertz CT molecular complexity index is 271. The topological polar surface area (TPSA) is 12.0 Å². The van der Waals surface area contributed by atoms with Crippen molar-refractivity contribution in [2.45, 2.75) is 0 Å². The van der Waals surface area contributed by atoms with E-state index in [1.165, 1.54) is 11.3 Å². The SMILES string of the molecule is Br.C1=C(c2ccccc2)NCS1. The first-order chi connectivity index (χ1) is 5.47. The predicted octanol–water partition coefficient (Wildman–Crippen LogP) is 2.86. The first kappa shape index (κ1) is 9.68. The fraction of sp³-hybridized carbons (Fsp3) is 0.111. The van der Waals surface area contributed by atoms with Gasteiger partial charge in [0.15, 0.2) is 0 Å². The lowest BCUT2D eigenvalue weighted by Gasteiger charge is -2.01. The Morgan fingerprint density at radius 1 is 1.17 bits per heavy atom. The van der Waals surface area contributed by atoms with Gasteiger partial charge >= 0.3 is 0 Å². The van der Waals surface area contributed by atoms with Crippen LogP contribution in [0.3, 0.4) is 0 Å². The fourth-order valence-corrected chi connectivity index (χ4v) is 1.78. The van der Waals surface area contributed by atoms with E-state index in [0.29, 0.717) is 0 Å². The second-order valence-corrected chi connectivity index (χ2v) is 3.24. The molecule has 0 radical (unpaired) electrons. The lowest BCUT2D eigenvalue weighted by molar-refractivity contribution is 1.11. The summed E-state index contributed by atoms with van der Waals surface area (Å²) in [7, 11) is 0. The zero-order chi connectivity index (χ0) is 7.52. The minimum Gasteiger partial charge on any atom is -0.375 e. The van der Waals surface area contributed by atoms with Crippen LogP contribution in [0, 0.1) is 0 Å². The summed E-state index contributed by atoms with van der Waals surface area (Å²) in [6, 6.07) is 10.4. The van der Waals surface area contributed by atoms with Crippen molar-refractivity contribution in [2.75, 3.05) is 5.88 Å². The van der Waals surface area contributed by atoms with Gasteiger partial charge in [0.05, 0.1) is 5.88 Å². The summed E-state index contributed by atoms with van der Waals surface area (Å²) < 4.78 is 0. The Balaban J connectivity index is 0.000000720. The molecule has 64 valence electrons. The summed E-state index contributed by atoms with van der Waals surface area (Å²) in [5.74, 6) is 1.00. The second kappa shape index (κ2) is 4.58. The van der Waals surface area contributed by atoms with Crippen molar-refractivity contribution in [3.63, 3.8) is 0 Å². The molecule has 0 saturated heterocycles.